The molecule has 1 fully saturated rings. The fraction of sp³-hybridized carbons (Fsp3) is 0.688. The van der Waals surface area contributed by atoms with Gasteiger partial charge in [-0.05, 0) is 49.8 Å². The molecule has 1 aliphatic rings. The van der Waals surface area contributed by atoms with Crippen LogP contribution in [0.25, 0.3) is 0 Å². The van der Waals surface area contributed by atoms with E-state index in [4.69, 9.17) is 0 Å². The maximum Gasteiger partial charge on any atom is 0.0419 e. The van der Waals surface area contributed by atoms with Crippen LogP contribution in [0.3, 0.4) is 0 Å². The SMILES string of the molecule is CNC(Cc1ccc(C)cn1)C1CCCC1(C)C. The Hall–Kier alpha value is -0.890. The number of likely N-dealkylation sites (N-methyl/N-ethyl adjacent to an activating group) is 1. The van der Waals surface area contributed by atoms with Gasteiger partial charge in [0.25, 0.3) is 0 Å². The van der Waals surface area contributed by atoms with Crippen LogP contribution in [0.2, 0.25) is 0 Å². The molecule has 2 nitrogen and oxygen atoms in total. The molecule has 1 aliphatic carbocycles. The lowest BCUT2D eigenvalue weighted by atomic mass is 9.76. The van der Waals surface area contributed by atoms with Gasteiger partial charge in [-0.1, -0.05) is 26.3 Å². The quantitative estimate of drug-likeness (QED) is 0.881. The van der Waals surface area contributed by atoms with Crippen molar-refractivity contribution in [3.8, 4) is 0 Å². The summed E-state index contributed by atoms with van der Waals surface area (Å²) in [6.45, 7) is 6.92. The van der Waals surface area contributed by atoms with E-state index in [1.54, 1.807) is 0 Å². The van der Waals surface area contributed by atoms with Gasteiger partial charge in [-0.2, -0.15) is 0 Å². The fourth-order valence-electron chi connectivity index (χ4n) is 3.39. The summed E-state index contributed by atoms with van der Waals surface area (Å²) >= 11 is 0. The largest absolute Gasteiger partial charge is 0.316 e. The predicted molar refractivity (Wildman–Crippen MR) is 76.6 cm³/mol. The standard InChI is InChI=1S/C16H26N2/c1-12-7-8-13(18-11-12)10-15(17-4)14-6-5-9-16(14,2)3/h7-8,11,14-15,17H,5-6,9-10H2,1-4H3. The molecular weight excluding hydrogens is 220 g/mol. The second-order valence-electron chi connectivity index (χ2n) is 6.41. The predicted octanol–water partition coefficient (Wildman–Crippen LogP) is 3.35. The van der Waals surface area contributed by atoms with Crippen LogP contribution in [0.15, 0.2) is 18.3 Å². The monoisotopic (exact) mass is 246 g/mol. The Morgan fingerprint density at radius 1 is 1.44 bits per heavy atom. The van der Waals surface area contributed by atoms with Crippen molar-refractivity contribution >= 4 is 0 Å². The molecule has 0 radical (unpaired) electrons. The highest BCUT2D eigenvalue weighted by atomic mass is 14.9. The summed E-state index contributed by atoms with van der Waals surface area (Å²) in [6, 6.07) is 4.88. The van der Waals surface area contributed by atoms with Crippen LogP contribution in [0, 0.1) is 18.3 Å². The van der Waals surface area contributed by atoms with E-state index in [-0.39, 0.29) is 0 Å². The van der Waals surface area contributed by atoms with Gasteiger partial charge in [-0.25, -0.2) is 0 Å². The van der Waals surface area contributed by atoms with Crippen LogP contribution < -0.4 is 5.32 Å². The van der Waals surface area contributed by atoms with Crippen LogP contribution in [0.4, 0.5) is 0 Å². The van der Waals surface area contributed by atoms with Crippen molar-refractivity contribution in [2.24, 2.45) is 11.3 Å². The molecule has 2 unspecified atom stereocenters. The molecule has 100 valence electrons. The van der Waals surface area contributed by atoms with Crippen molar-refractivity contribution < 1.29 is 0 Å². The molecule has 2 rings (SSSR count). The molecule has 1 saturated carbocycles. The van der Waals surface area contributed by atoms with Gasteiger partial charge in [-0.15, -0.1) is 0 Å². The van der Waals surface area contributed by atoms with Gasteiger partial charge in [0.05, 0.1) is 0 Å². The molecule has 1 aromatic rings. The lowest BCUT2D eigenvalue weighted by Gasteiger charge is -2.34. The topological polar surface area (TPSA) is 24.9 Å². The number of hydrogen-bond acceptors (Lipinski definition) is 2. The Bertz CT molecular complexity index is 381. The number of nitrogens with zero attached hydrogens (tertiary/aromatic N) is 1. The normalized spacial score (nSPS) is 24.1. The van der Waals surface area contributed by atoms with Crippen LogP contribution in [0.5, 0.6) is 0 Å². The summed E-state index contributed by atoms with van der Waals surface area (Å²) in [5.74, 6) is 0.769. The second kappa shape index (κ2) is 5.40. The van der Waals surface area contributed by atoms with E-state index in [2.05, 4.69) is 50.3 Å². The van der Waals surface area contributed by atoms with Crippen molar-refractivity contribution in [3.63, 3.8) is 0 Å². The maximum absolute atomic E-state index is 4.55. The maximum atomic E-state index is 4.55. The molecule has 0 aliphatic heterocycles. The first-order chi connectivity index (χ1) is 8.53. The smallest absolute Gasteiger partial charge is 0.0419 e. The molecule has 0 spiro atoms. The summed E-state index contributed by atoms with van der Waals surface area (Å²) in [5.41, 5.74) is 2.92. The summed E-state index contributed by atoms with van der Waals surface area (Å²) in [7, 11) is 2.09. The van der Waals surface area contributed by atoms with Crippen LogP contribution in [0.1, 0.15) is 44.4 Å². The second-order valence-corrected chi connectivity index (χ2v) is 6.41. The zero-order valence-corrected chi connectivity index (χ0v) is 12.2. The minimum atomic E-state index is 0.471. The third kappa shape index (κ3) is 2.92. The van der Waals surface area contributed by atoms with Gasteiger partial charge < -0.3 is 5.32 Å². The first kappa shape index (κ1) is 13.5. The van der Waals surface area contributed by atoms with E-state index in [1.807, 2.05) is 6.20 Å². The molecule has 2 atom stereocenters. The van der Waals surface area contributed by atoms with Crippen molar-refractivity contribution in [2.75, 3.05) is 7.05 Å². The number of aromatic nitrogens is 1. The summed E-state index contributed by atoms with van der Waals surface area (Å²) in [4.78, 5) is 4.55. The van der Waals surface area contributed by atoms with Gasteiger partial charge >= 0.3 is 0 Å². The molecule has 0 amide bonds. The molecule has 2 heteroatoms. The first-order valence-corrected chi connectivity index (χ1v) is 7.12. The van der Waals surface area contributed by atoms with Gasteiger partial charge in [0.1, 0.15) is 0 Å². The van der Waals surface area contributed by atoms with Gasteiger partial charge in [0.2, 0.25) is 0 Å². The van der Waals surface area contributed by atoms with Crippen molar-refractivity contribution in [1.29, 1.82) is 0 Å². The highest BCUT2D eigenvalue weighted by molar-refractivity contribution is 5.13. The number of rotatable bonds is 4. The number of hydrogen-bond donors (Lipinski definition) is 1. The van der Waals surface area contributed by atoms with E-state index in [1.165, 1.54) is 30.5 Å². The lowest BCUT2D eigenvalue weighted by molar-refractivity contribution is 0.201. The average Bonchev–Trinajstić information content (AvgIpc) is 2.68. The van der Waals surface area contributed by atoms with Crippen molar-refractivity contribution in [3.05, 3.63) is 29.6 Å². The molecule has 0 saturated heterocycles. The molecule has 0 aromatic carbocycles. The Morgan fingerprint density at radius 2 is 2.22 bits per heavy atom. The minimum absolute atomic E-state index is 0.471. The number of pyridine rings is 1. The molecule has 1 heterocycles. The summed E-state index contributed by atoms with van der Waals surface area (Å²) in [6.07, 6.45) is 7.10. The highest BCUT2D eigenvalue weighted by Crippen LogP contribution is 2.44. The van der Waals surface area contributed by atoms with Crippen molar-refractivity contribution in [2.45, 2.75) is 52.5 Å². The van der Waals surface area contributed by atoms with E-state index in [0.29, 0.717) is 11.5 Å². The van der Waals surface area contributed by atoms with Gasteiger partial charge in [0, 0.05) is 24.4 Å². The third-order valence-corrected chi connectivity index (χ3v) is 4.60. The van der Waals surface area contributed by atoms with E-state index >= 15 is 0 Å². The molecular formula is C16H26N2. The zero-order valence-electron chi connectivity index (χ0n) is 12.2. The fourth-order valence-corrected chi connectivity index (χ4v) is 3.39. The summed E-state index contributed by atoms with van der Waals surface area (Å²) in [5, 5.41) is 3.52. The van der Waals surface area contributed by atoms with Gasteiger partial charge in [0.15, 0.2) is 0 Å². The summed E-state index contributed by atoms with van der Waals surface area (Å²) < 4.78 is 0. The molecule has 18 heavy (non-hydrogen) atoms. The van der Waals surface area contributed by atoms with Crippen LogP contribution in [-0.2, 0) is 6.42 Å². The molecule has 1 aromatic heterocycles. The highest BCUT2D eigenvalue weighted by Gasteiger charge is 2.38. The van der Waals surface area contributed by atoms with E-state index in [0.717, 1.165) is 12.3 Å². The zero-order chi connectivity index (χ0) is 13.2. The average molecular weight is 246 g/mol. The minimum Gasteiger partial charge on any atom is -0.316 e. The first-order valence-electron chi connectivity index (χ1n) is 7.12. The molecule has 0 bridgehead atoms. The Balaban J connectivity index is 2.07. The molecule has 1 N–H and O–H groups in total. The Kier molecular flexibility index (Phi) is 4.06. The lowest BCUT2D eigenvalue weighted by Crippen LogP contribution is -2.40. The Labute approximate surface area is 111 Å². The van der Waals surface area contributed by atoms with E-state index < -0.39 is 0 Å². The third-order valence-electron chi connectivity index (χ3n) is 4.60. The Morgan fingerprint density at radius 3 is 2.72 bits per heavy atom. The van der Waals surface area contributed by atoms with Crippen LogP contribution >= 0.6 is 0 Å². The van der Waals surface area contributed by atoms with E-state index in [9.17, 15) is 0 Å². The van der Waals surface area contributed by atoms with Crippen LogP contribution in [-0.4, -0.2) is 18.1 Å². The van der Waals surface area contributed by atoms with Gasteiger partial charge in [-0.3, -0.25) is 4.98 Å². The number of nitrogens with one attached hydrogen (secondary N) is 1. The number of aryl methyl sites for hydroxylation is 1. The van der Waals surface area contributed by atoms with Crippen molar-refractivity contribution in [1.82, 2.24) is 10.3 Å².